The molecule has 0 atom stereocenters. The molecule has 0 radical (unpaired) electrons. The number of benzene rings is 1. The number of rotatable bonds is 14. The fourth-order valence-electron chi connectivity index (χ4n) is 3.38. The number of ether oxygens (including phenoxy) is 2. The van der Waals surface area contributed by atoms with E-state index < -0.39 is 35.7 Å². The lowest BCUT2D eigenvalue weighted by molar-refractivity contribution is -0.143. The molecule has 0 bridgehead atoms. The smallest absolute Gasteiger partial charge is 0.414 e. The van der Waals surface area contributed by atoms with Crippen LogP contribution >= 0.6 is 0 Å². The lowest BCUT2D eigenvalue weighted by Crippen LogP contribution is -2.45. The van der Waals surface area contributed by atoms with Crippen molar-refractivity contribution in [2.24, 2.45) is 0 Å². The Labute approximate surface area is 232 Å². The highest BCUT2D eigenvalue weighted by atomic mass is 16.5. The summed E-state index contributed by atoms with van der Waals surface area (Å²) in [6.07, 6.45) is 0.431. The van der Waals surface area contributed by atoms with Crippen molar-refractivity contribution in [3.8, 4) is 0 Å². The molecule has 1 aromatic heterocycles. The van der Waals surface area contributed by atoms with Crippen LogP contribution in [0.4, 0.5) is 16.6 Å². The highest BCUT2D eigenvalue weighted by Crippen LogP contribution is 2.16. The predicted molar refractivity (Wildman–Crippen MR) is 150 cm³/mol. The number of hydrogen-bond acceptors (Lipinski definition) is 9. The Hall–Kier alpha value is -4.81. The average Bonchev–Trinajstić information content (AvgIpc) is 2.86. The Morgan fingerprint density at radius 2 is 1.85 bits per heavy atom. The Balaban J connectivity index is 2.11. The summed E-state index contributed by atoms with van der Waals surface area (Å²) in [5, 5.41) is 14.6. The number of hydrogen-bond donors (Lipinski definition) is 4. The van der Waals surface area contributed by atoms with Crippen molar-refractivity contribution in [2.45, 2.75) is 39.9 Å². The molecule has 40 heavy (non-hydrogen) atoms. The first-order chi connectivity index (χ1) is 18.8. The lowest BCUT2D eigenvalue weighted by Gasteiger charge is -2.27. The van der Waals surface area contributed by atoms with E-state index in [1.807, 2.05) is 26.8 Å². The summed E-state index contributed by atoms with van der Waals surface area (Å²) >= 11 is 0. The molecule has 13 nitrogen and oxygen atoms in total. The van der Waals surface area contributed by atoms with E-state index in [-0.39, 0.29) is 49.5 Å². The van der Waals surface area contributed by atoms with Crippen LogP contribution in [-0.4, -0.2) is 69.7 Å². The van der Waals surface area contributed by atoms with E-state index in [1.165, 1.54) is 18.0 Å². The van der Waals surface area contributed by atoms with Gasteiger partial charge in [0.1, 0.15) is 31.1 Å². The maximum absolute atomic E-state index is 13.1. The molecule has 216 valence electrons. The van der Waals surface area contributed by atoms with Gasteiger partial charge in [0.15, 0.2) is 5.88 Å². The topological polar surface area (TPSA) is 166 Å². The summed E-state index contributed by atoms with van der Waals surface area (Å²) in [6.45, 7) is 13.8. The van der Waals surface area contributed by atoms with Gasteiger partial charge in [0, 0.05) is 13.1 Å². The van der Waals surface area contributed by atoms with E-state index in [0.717, 1.165) is 10.5 Å². The third-order valence-corrected chi connectivity index (χ3v) is 5.17. The van der Waals surface area contributed by atoms with E-state index in [1.54, 1.807) is 24.3 Å². The number of carboxylic acids is 1. The van der Waals surface area contributed by atoms with Gasteiger partial charge in [-0.3, -0.25) is 24.7 Å². The zero-order valence-electron chi connectivity index (χ0n) is 23.2. The lowest BCUT2D eigenvalue weighted by atomic mass is 10.2. The number of aromatic amines is 1. The second-order valence-corrected chi connectivity index (χ2v) is 9.63. The van der Waals surface area contributed by atoms with Gasteiger partial charge in [0.2, 0.25) is 11.9 Å². The molecular weight excluding hydrogens is 520 g/mol. The van der Waals surface area contributed by atoms with Crippen LogP contribution in [-0.2, 0) is 25.7 Å². The molecule has 4 N–H and O–H groups in total. The van der Waals surface area contributed by atoms with Crippen LogP contribution in [0.2, 0.25) is 0 Å². The first-order valence-electron chi connectivity index (χ1n) is 12.4. The van der Waals surface area contributed by atoms with Gasteiger partial charge in [-0.15, -0.1) is 0 Å². The molecule has 13 heteroatoms. The quantitative estimate of drug-likeness (QED) is 0.254. The largest absolute Gasteiger partial charge is 0.480 e. The highest BCUT2D eigenvalue weighted by molar-refractivity contribution is 5.86. The Bertz CT molecular complexity index is 1270. The fraction of sp³-hybridized carbons (Fsp3) is 0.370. The number of nitrogens with one attached hydrogen (secondary N) is 3. The second-order valence-electron chi connectivity index (χ2n) is 9.63. The SMILES string of the molecule is C=CN(CC(=O)N(CCNC(=C)OC(C)(C)C)CC(=O)O)c1nc(NC(=O)OCc2ccccc2)[nH]c(=O)c1C. The van der Waals surface area contributed by atoms with Crippen LogP contribution in [0.1, 0.15) is 31.9 Å². The van der Waals surface area contributed by atoms with Crippen molar-refractivity contribution >= 4 is 29.7 Å². The Kier molecular flexibility index (Phi) is 11.3. The maximum atomic E-state index is 13.1. The van der Waals surface area contributed by atoms with Crippen molar-refractivity contribution in [1.82, 2.24) is 20.2 Å². The number of nitrogens with zero attached hydrogens (tertiary/aromatic N) is 3. The minimum atomic E-state index is -1.20. The zero-order valence-corrected chi connectivity index (χ0v) is 23.2. The first-order valence-corrected chi connectivity index (χ1v) is 12.4. The van der Waals surface area contributed by atoms with Crippen LogP contribution in [0.3, 0.4) is 0 Å². The summed E-state index contributed by atoms with van der Waals surface area (Å²) < 4.78 is 10.7. The molecule has 0 saturated carbocycles. The van der Waals surface area contributed by atoms with Crippen molar-refractivity contribution in [2.75, 3.05) is 36.4 Å². The number of H-pyrrole nitrogens is 1. The Morgan fingerprint density at radius 3 is 2.45 bits per heavy atom. The van der Waals surface area contributed by atoms with E-state index >= 15 is 0 Å². The minimum Gasteiger partial charge on any atom is -0.480 e. The van der Waals surface area contributed by atoms with Gasteiger partial charge >= 0.3 is 12.1 Å². The number of aromatic nitrogens is 2. The van der Waals surface area contributed by atoms with Gasteiger partial charge in [0.25, 0.3) is 5.56 Å². The standard InChI is InChI=1S/C27H36N6O7/c1-7-32(15-21(34)33(16-22(35)36)14-13-28-19(3)40-27(4,5)6)23-18(2)24(37)30-25(29-23)31-26(38)39-17-20-11-9-8-10-12-20/h7-12,28H,1,3,13-17H2,2,4-6H3,(H,35,36)(H2,29,30,31,37,38). The number of anilines is 2. The van der Waals surface area contributed by atoms with Crippen molar-refractivity contribution in [1.29, 1.82) is 0 Å². The molecule has 0 saturated heterocycles. The molecular formula is C27H36N6O7. The van der Waals surface area contributed by atoms with Crippen LogP contribution in [0.25, 0.3) is 0 Å². The fourth-order valence-corrected chi connectivity index (χ4v) is 3.38. The molecule has 0 unspecified atom stereocenters. The summed E-state index contributed by atoms with van der Waals surface area (Å²) in [6, 6.07) is 9.02. The molecule has 0 fully saturated rings. The van der Waals surface area contributed by atoms with E-state index in [9.17, 15) is 24.3 Å². The molecule has 2 rings (SSSR count). The average molecular weight is 557 g/mol. The third-order valence-electron chi connectivity index (χ3n) is 5.17. The van der Waals surface area contributed by atoms with Gasteiger partial charge in [-0.05, 0) is 46.0 Å². The van der Waals surface area contributed by atoms with Gasteiger partial charge in [-0.1, -0.05) is 36.9 Å². The zero-order chi connectivity index (χ0) is 29.9. The molecule has 0 spiro atoms. The molecule has 0 aliphatic carbocycles. The number of amides is 2. The monoisotopic (exact) mass is 556 g/mol. The normalized spacial score (nSPS) is 10.7. The van der Waals surface area contributed by atoms with Gasteiger partial charge in [-0.2, -0.15) is 4.98 Å². The second kappa shape index (κ2) is 14.4. The van der Waals surface area contributed by atoms with Gasteiger partial charge < -0.3 is 29.7 Å². The van der Waals surface area contributed by atoms with Gasteiger partial charge in [0.05, 0.1) is 5.56 Å². The summed E-state index contributed by atoms with van der Waals surface area (Å²) in [5.74, 6) is -1.63. The predicted octanol–water partition coefficient (Wildman–Crippen LogP) is 2.57. The number of aliphatic carboxylic acids is 1. The highest BCUT2D eigenvalue weighted by Gasteiger charge is 2.22. The van der Waals surface area contributed by atoms with Crippen LogP contribution in [0.5, 0.6) is 0 Å². The van der Waals surface area contributed by atoms with E-state index in [4.69, 9.17) is 9.47 Å². The molecule has 1 heterocycles. The van der Waals surface area contributed by atoms with Crippen LogP contribution < -0.4 is 21.1 Å². The number of carbonyl (C=O) groups excluding carboxylic acids is 2. The number of carbonyl (C=O) groups is 3. The Morgan fingerprint density at radius 1 is 1.18 bits per heavy atom. The van der Waals surface area contributed by atoms with Gasteiger partial charge in [-0.25, -0.2) is 4.79 Å². The van der Waals surface area contributed by atoms with E-state index in [0.29, 0.717) is 0 Å². The maximum Gasteiger partial charge on any atom is 0.414 e. The summed E-state index contributed by atoms with van der Waals surface area (Å²) in [7, 11) is 0. The van der Waals surface area contributed by atoms with Crippen LogP contribution in [0, 0.1) is 6.92 Å². The summed E-state index contributed by atoms with van der Waals surface area (Å²) in [5.41, 5.74) is -0.118. The van der Waals surface area contributed by atoms with Crippen molar-refractivity contribution < 1.29 is 29.0 Å². The van der Waals surface area contributed by atoms with Crippen molar-refractivity contribution in [3.63, 3.8) is 0 Å². The molecule has 0 aliphatic heterocycles. The molecule has 0 aliphatic rings. The molecule has 2 aromatic rings. The van der Waals surface area contributed by atoms with Crippen molar-refractivity contribution in [3.05, 3.63) is 77.1 Å². The number of carboxylic acid groups (broad SMARTS) is 1. The molecule has 1 aromatic carbocycles. The van der Waals surface area contributed by atoms with Crippen LogP contribution in [0.15, 0.2) is 60.4 Å². The summed E-state index contributed by atoms with van der Waals surface area (Å²) in [4.78, 5) is 58.4. The molecule has 2 amide bonds. The third kappa shape index (κ3) is 10.5. The first kappa shape index (κ1) is 31.4. The van der Waals surface area contributed by atoms with E-state index in [2.05, 4.69) is 33.8 Å². The minimum absolute atomic E-state index is 0.00680.